The molecule has 0 saturated carbocycles. The number of pyridine rings is 1. The molecule has 1 aromatic heterocycles. The number of aryl methyl sites for hydroxylation is 1. The number of aliphatic imine (C=N–C) groups is 1. The average molecular weight is 186 g/mol. The fraction of sp³-hybridized carbons (Fsp3) is 0.167. The lowest BCUT2D eigenvalue weighted by atomic mass is 10.3. The SMILES string of the molecule is C=C/C=C(/C)N=Cc1cccc(C)n1. The van der Waals surface area contributed by atoms with Gasteiger partial charge in [0.05, 0.1) is 11.9 Å². The summed E-state index contributed by atoms with van der Waals surface area (Å²) in [6.45, 7) is 7.49. The molecular weight excluding hydrogens is 172 g/mol. The van der Waals surface area contributed by atoms with Crippen molar-refractivity contribution in [1.82, 2.24) is 4.98 Å². The van der Waals surface area contributed by atoms with Gasteiger partial charge in [-0.3, -0.25) is 9.98 Å². The van der Waals surface area contributed by atoms with E-state index in [9.17, 15) is 0 Å². The lowest BCUT2D eigenvalue weighted by molar-refractivity contribution is 1.18. The Balaban J connectivity index is 2.78. The van der Waals surface area contributed by atoms with Crippen LogP contribution >= 0.6 is 0 Å². The topological polar surface area (TPSA) is 25.2 Å². The van der Waals surface area contributed by atoms with Crippen LogP contribution in [-0.2, 0) is 0 Å². The molecule has 0 unspecified atom stereocenters. The average Bonchev–Trinajstić information content (AvgIpc) is 2.15. The molecule has 0 amide bonds. The van der Waals surface area contributed by atoms with E-state index >= 15 is 0 Å². The molecular formula is C12H14N2. The summed E-state index contributed by atoms with van der Waals surface area (Å²) in [5.41, 5.74) is 2.80. The van der Waals surface area contributed by atoms with E-state index in [-0.39, 0.29) is 0 Å². The van der Waals surface area contributed by atoms with E-state index in [0.717, 1.165) is 17.1 Å². The van der Waals surface area contributed by atoms with Crippen LogP contribution in [0.15, 0.2) is 47.6 Å². The minimum absolute atomic E-state index is 0.877. The van der Waals surface area contributed by atoms with Gasteiger partial charge in [-0.25, -0.2) is 0 Å². The number of nitrogens with zero attached hydrogens (tertiary/aromatic N) is 2. The zero-order valence-corrected chi connectivity index (χ0v) is 8.57. The maximum Gasteiger partial charge on any atom is 0.0815 e. The third-order valence-electron chi connectivity index (χ3n) is 1.67. The van der Waals surface area contributed by atoms with Crippen molar-refractivity contribution in [2.45, 2.75) is 13.8 Å². The molecule has 1 rings (SSSR count). The number of hydrogen-bond acceptors (Lipinski definition) is 2. The zero-order chi connectivity index (χ0) is 10.4. The van der Waals surface area contributed by atoms with E-state index in [1.54, 1.807) is 12.3 Å². The van der Waals surface area contributed by atoms with Crippen molar-refractivity contribution in [2.75, 3.05) is 0 Å². The second kappa shape index (κ2) is 5.12. The van der Waals surface area contributed by atoms with E-state index in [2.05, 4.69) is 16.6 Å². The molecule has 0 spiro atoms. The third kappa shape index (κ3) is 3.35. The Morgan fingerprint density at radius 2 is 2.29 bits per heavy atom. The Hall–Kier alpha value is -1.70. The molecule has 0 saturated heterocycles. The van der Waals surface area contributed by atoms with Crippen molar-refractivity contribution < 1.29 is 0 Å². The van der Waals surface area contributed by atoms with Gasteiger partial charge in [0, 0.05) is 11.4 Å². The molecule has 14 heavy (non-hydrogen) atoms. The summed E-state index contributed by atoms with van der Waals surface area (Å²) >= 11 is 0. The van der Waals surface area contributed by atoms with Crippen LogP contribution in [0.1, 0.15) is 18.3 Å². The van der Waals surface area contributed by atoms with E-state index in [4.69, 9.17) is 0 Å². The van der Waals surface area contributed by atoms with Crippen molar-refractivity contribution in [1.29, 1.82) is 0 Å². The van der Waals surface area contributed by atoms with Crippen LogP contribution < -0.4 is 0 Å². The summed E-state index contributed by atoms with van der Waals surface area (Å²) < 4.78 is 0. The number of hydrogen-bond donors (Lipinski definition) is 0. The van der Waals surface area contributed by atoms with Gasteiger partial charge in [0.25, 0.3) is 0 Å². The first kappa shape index (κ1) is 10.4. The van der Waals surface area contributed by atoms with Crippen LogP contribution in [0, 0.1) is 6.92 Å². The molecule has 0 aliphatic carbocycles. The molecule has 0 aliphatic heterocycles. The molecule has 2 heteroatoms. The maximum absolute atomic E-state index is 4.30. The fourth-order valence-electron chi connectivity index (χ4n) is 1.02. The first-order valence-electron chi connectivity index (χ1n) is 4.49. The molecule has 0 radical (unpaired) electrons. The Bertz CT molecular complexity index is 376. The summed E-state index contributed by atoms with van der Waals surface area (Å²) in [5, 5.41) is 0. The maximum atomic E-state index is 4.30. The summed E-state index contributed by atoms with van der Waals surface area (Å²) in [6, 6.07) is 5.86. The van der Waals surface area contributed by atoms with Gasteiger partial charge in [-0.05, 0) is 32.1 Å². The minimum Gasteiger partial charge on any atom is -0.259 e. The second-order valence-electron chi connectivity index (χ2n) is 3.01. The molecule has 0 aliphatic rings. The summed E-state index contributed by atoms with van der Waals surface area (Å²) in [6.07, 6.45) is 5.32. The minimum atomic E-state index is 0.877. The molecule has 0 aromatic carbocycles. The van der Waals surface area contributed by atoms with Crippen LogP contribution in [0.3, 0.4) is 0 Å². The summed E-state index contributed by atoms with van der Waals surface area (Å²) in [7, 11) is 0. The Kier molecular flexibility index (Phi) is 3.80. The van der Waals surface area contributed by atoms with E-state index < -0.39 is 0 Å². The molecule has 2 nitrogen and oxygen atoms in total. The van der Waals surface area contributed by atoms with Crippen molar-refractivity contribution in [3.05, 3.63) is 54.0 Å². The smallest absolute Gasteiger partial charge is 0.0815 e. The number of aromatic nitrogens is 1. The van der Waals surface area contributed by atoms with Gasteiger partial charge in [0.1, 0.15) is 0 Å². The van der Waals surface area contributed by atoms with Crippen LogP contribution in [0.25, 0.3) is 0 Å². The molecule has 1 heterocycles. The van der Waals surface area contributed by atoms with Crippen molar-refractivity contribution >= 4 is 6.21 Å². The lowest BCUT2D eigenvalue weighted by Gasteiger charge is -1.94. The fourth-order valence-corrected chi connectivity index (χ4v) is 1.02. The Morgan fingerprint density at radius 1 is 1.50 bits per heavy atom. The van der Waals surface area contributed by atoms with Gasteiger partial charge in [-0.2, -0.15) is 0 Å². The highest BCUT2D eigenvalue weighted by Crippen LogP contribution is 1.98. The first-order valence-corrected chi connectivity index (χ1v) is 4.49. The molecule has 1 aromatic rings. The zero-order valence-electron chi connectivity index (χ0n) is 8.57. The van der Waals surface area contributed by atoms with Crippen molar-refractivity contribution in [3.63, 3.8) is 0 Å². The highest BCUT2D eigenvalue weighted by atomic mass is 14.8. The van der Waals surface area contributed by atoms with E-state index in [1.807, 2.05) is 38.1 Å². The van der Waals surface area contributed by atoms with Gasteiger partial charge in [-0.15, -0.1) is 0 Å². The largest absolute Gasteiger partial charge is 0.259 e. The van der Waals surface area contributed by atoms with Gasteiger partial charge in [0.2, 0.25) is 0 Å². The predicted octanol–water partition coefficient (Wildman–Crippen LogP) is 2.90. The monoisotopic (exact) mass is 186 g/mol. The Labute approximate surface area is 84.7 Å². The lowest BCUT2D eigenvalue weighted by Crippen LogP contribution is -1.89. The first-order chi connectivity index (χ1) is 6.72. The third-order valence-corrected chi connectivity index (χ3v) is 1.67. The molecule has 0 fully saturated rings. The summed E-state index contributed by atoms with van der Waals surface area (Å²) in [4.78, 5) is 8.53. The van der Waals surface area contributed by atoms with Gasteiger partial charge in [-0.1, -0.05) is 18.7 Å². The Morgan fingerprint density at radius 3 is 2.93 bits per heavy atom. The van der Waals surface area contributed by atoms with Crippen LogP contribution in [0.2, 0.25) is 0 Å². The quantitative estimate of drug-likeness (QED) is 0.526. The van der Waals surface area contributed by atoms with E-state index in [0.29, 0.717) is 0 Å². The van der Waals surface area contributed by atoms with Gasteiger partial charge in [0.15, 0.2) is 0 Å². The summed E-state index contributed by atoms with van der Waals surface area (Å²) in [5.74, 6) is 0. The molecule has 0 atom stereocenters. The molecule has 72 valence electrons. The van der Waals surface area contributed by atoms with Crippen molar-refractivity contribution in [2.24, 2.45) is 4.99 Å². The highest BCUT2D eigenvalue weighted by molar-refractivity contribution is 5.77. The van der Waals surface area contributed by atoms with Crippen LogP contribution in [-0.4, -0.2) is 11.2 Å². The highest BCUT2D eigenvalue weighted by Gasteiger charge is 1.89. The van der Waals surface area contributed by atoms with Gasteiger partial charge >= 0.3 is 0 Å². The number of rotatable bonds is 3. The van der Waals surface area contributed by atoms with Gasteiger partial charge < -0.3 is 0 Å². The molecule has 0 N–H and O–H groups in total. The van der Waals surface area contributed by atoms with E-state index in [1.165, 1.54) is 0 Å². The second-order valence-corrected chi connectivity index (χ2v) is 3.01. The van der Waals surface area contributed by atoms with Crippen molar-refractivity contribution in [3.8, 4) is 0 Å². The van der Waals surface area contributed by atoms with Crippen LogP contribution in [0.5, 0.6) is 0 Å². The van der Waals surface area contributed by atoms with Crippen LogP contribution in [0.4, 0.5) is 0 Å². The predicted molar refractivity (Wildman–Crippen MR) is 60.5 cm³/mol. The number of allylic oxidation sites excluding steroid dienone is 3. The standard InChI is InChI=1S/C12H14N2/c1-4-6-10(2)13-9-12-8-5-7-11(3)14-12/h4-9H,1H2,2-3H3/b10-6-,13-9?. The molecule has 0 bridgehead atoms. The normalized spacial score (nSPS) is 12.0.